The molecule has 0 unspecified atom stereocenters. The molecule has 0 aliphatic carbocycles. The first-order valence-corrected chi connectivity index (χ1v) is 23.5. The minimum Gasteiger partial charge on any atom is -0.494 e. The van der Waals surface area contributed by atoms with Crippen LogP contribution in [0, 0.1) is 22.7 Å². The molecule has 4 aromatic carbocycles. The molecule has 20 heteroatoms. The highest BCUT2D eigenvalue weighted by molar-refractivity contribution is 6.04. The number of urea groups is 2. The zero-order chi connectivity index (χ0) is 51.9. The number of benzene rings is 4. The molecule has 6 aromatic rings. The van der Waals surface area contributed by atoms with E-state index in [4.69, 9.17) is 0 Å². The maximum Gasteiger partial charge on any atom is 0.416 e. The van der Waals surface area contributed by atoms with E-state index in [0.717, 1.165) is 24.3 Å². The largest absolute Gasteiger partial charge is 0.494 e. The van der Waals surface area contributed by atoms with E-state index < -0.39 is 47.6 Å². The summed E-state index contributed by atoms with van der Waals surface area (Å²) in [5.74, 6) is -0.317. The van der Waals surface area contributed by atoms with Crippen molar-refractivity contribution in [1.29, 1.82) is 10.5 Å². The number of halogens is 6. The molecule has 0 fully saturated rings. The number of nitriles is 2. The van der Waals surface area contributed by atoms with Crippen LogP contribution in [0.3, 0.4) is 0 Å². The average Bonchev–Trinajstić information content (AvgIpc) is 4.08. The lowest BCUT2D eigenvalue weighted by atomic mass is 9.94. The second-order valence-corrected chi connectivity index (χ2v) is 17.8. The van der Waals surface area contributed by atoms with Gasteiger partial charge in [0.1, 0.15) is 0 Å². The normalized spacial score (nSPS) is 16.8. The summed E-state index contributed by atoms with van der Waals surface area (Å²) in [6, 6.07) is 23.2. The van der Waals surface area contributed by atoms with Crippen molar-refractivity contribution >= 4 is 34.8 Å². The van der Waals surface area contributed by atoms with Crippen LogP contribution in [0.4, 0.5) is 58.7 Å². The van der Waals surface area contributed by atoms with Crippen molar-refractivity contribution in [3.8, 4) is 23.9 Å². The number of alkyl halides is 6. The van der Waals surface area contributed by atoms with Crippen molar-refractivity contribution in [2.45, 2.75) is 64.2 Å². The Kier molecular flexibility index (Phi) is 13.3. The van der Waals surface area contributed by atoms with Crippen LogP contribution in [0.5, 0.6) is 11.8 Å². The number of anilines is 4. The first-order chi connectivity index (χ1) is 34.9. The third kappa shape index (κ3) is 9.32. The zero-order valence-electron chi connectivity index (χ0n) is 39.5. The minimum atomic E-state index is -4.69. The second kappa shape index (κ2) is 19.6. The van der Waals surface area contributed by atoms with Crippen molar-refractivity contribution in [3.05, 3.63) is 166 Å². The quantitative estimate of drug-likeness (QED) is 0.102. The molecule has 0 saturated carbocycles. The standard InChI is InChI=1S/C53H48F6N10O4/c1-3-64-31-42-44(48(64)70)46(36-17-13-34(29-60)14-18-36)66(50(72)68(42)40-11-5-9-38(27-40)52(54,55)56)23-7-21-62-25-26-63(33-62)22-8-24-67-47(37-19-15-35(30-61)16-20-37)45-43(32-65(4-2)49(45)71)69(51(67)73)41-12-6-10-39(28-41)53(57,58)59/h5-6,9-20,25-28,31-32,46-47,70-71H,3-4,7-8,21-24,33H2,1-2H3/t46-,47-/m1/s1. The molecular formula is C53H48F6N10O4. The molecule has 376 valence electrons. The molecule has 2 atom stereocenters. The minimum absolute atomic E-state index is 0.0369. The van der Waals surface area contributed by atoms with E-state index in [1.807, 2.05) is 22.2 Å². The summed E-state index contributed by atoms with van der Waals surface area (Å²) >= 11 is 0. The lowest BCUT2D eigenvalue weighted by Crippen LogP contribution is -2.48. The van der Waals surface area contributed by atoms with E-state index in [9.17, 15) is 56.7 Å². The number of hydrogen-bond acceptors (Lipinski definition) is 8. The van der Waals surface area contributed by atoms with Gasteiger partial charge in [-0.05, 0) is 98.5 Å². The summed E-state index contributed by atoms with van der Waals surface area (Å²) in [5, 5.41) is 42.4. The van der Waals surface area contributed by atoms with Gasteiger partial charge in [-0.1, -0.05) is 36.4 Å². The Morgan fingerprint density at radius 1 is 0.575 bits per heavy atom. The zero-order valence-corrected chi connectivity index (χ0v) is 39.5. The van der Waals surface area contributed by atoms with Crippen LogP contribution in [-0.4, -0.2) is 83.9 Å². The van der Waals surface area contributed by atoms with Gasteiger partial charge in [-0.15, -0.1) is 0 Å². The molecule has 0 spiro atoms. The Balaban J connectivity index is 0.939. The molecule has 2 N–H and O–H groups in total. The second-order valence-electron chi connectivity index (χ2n) is 17.8. The molecule has 2 aromatic heterocycles. The van der Waals surface area contributed by atoms with Crippen molar-refractivity contribution in [2.24, 2.45) is 0 Å². The fraction of sp³-hybridized carbons (Fsp3) is 0.283. The predicted molar refractivity (Wildman–Crippen MR) is 258 cm³/mol. The molecule has 73 heavy (non-hydrogen) atoms. The molecule has 0 bridgehead atoms. The highest BCUT2D eigenvalue weighted by Gasteiger charge is 2.45. The van der Waals surface area contributed by atoms with Crippen LogP contribution in [0.15, 0.2) is 122 Å². The third-order valence-corrected chi connectivity index (χ3v) is 13.5. The van der Waals surface area contributed by atoms with Gasteiger partial charge in [-0.25, -0.2) is 9.59 Å². The third-order valence-electron chi connectivity index (χ3n) is 13.5. The van der Waals surface area contributed by atoms with Crippen LogP contribution in [0.25, 0.3) is 0 Å². The molecule has 4 amide bonds. The maximum atomic E-state index is 14.8. The van der Waals surface area contributed by atoms with Crippen LogP contribution >= 0.6 is 0 Å². The number of carbonyl (C=O) groups excluding carboxylic acids is 2. The first-order valence-electron chi connectivity index (χ1n) is 23.5. The number of aryl methyl sites for hydroxylation is 2. The number of carbonyl (C=O) groups is 2. The molecule has 0 saturated heterocycles. The van der Waals surface area contributed by atoms with Crippen molar-refractivity contribution in [2.75, 3.05) is 42.6 Å². The summed E-state index contributed by atoms with van der Waals surface area (Å²) in [7, 11) is 0. The number of aromatic hydroxyl groups is 2. The molecule has 14 nitrogen and oxygen atoms in total. The van der Waals surface area contributed by atoms with Gasteiger partial charge in [0.2, 0.25) is 0 Å². The maximum absolute atomic E-state index is 14.8. The van der Waals surface area contributed by atoms with E-state index >= 15 is 0 Å². The monoisotopic (exact) mass is 1000 g/mol. The number of aromatic nitrogens is 2. The topological polar surface area (TPSA) is 151 Å². The first kappa shape index (κ1) is 49.5. The van der Waals surface area contributed by atoms with Crippen LogP contribution in [0.1, 0.15) is 83.3 Å². The van der Waals surface area contributed by atoms with Gasteiger partial charge in [0.05, 0.1) is 87.0 Å². The van der Waals surface area contributed by atoms with E-state index in [-0.39, 0.29) is 47.6 Å². The van der Waals surface area contributed by atoms with E-state index in [1.54, 1.807) is 74.8 Å². The SMILES string of the molecule is CCn1cc2c(c1O)[C@@H](c1ccc(C#N)cc1)N(CCCN1C=CN(CCCN3C(=O)N(c4cccc(C(F)(F)F)c4)c4cn(CC)c(O)c4[C@H]3c3ccc(C#N)cc3)C1)C(=O)N2c1cccc(C(F)(F)F)c1. The summed E-state index contributed by atoms with van der Waals surface area (Å²) in [4.78, 5) is 39.0. The summed E-state index contributed by atoms with van der Waals surface area (Å²) in [5.41, 5.74) is 1.01. The molecule has 3 aliphatic rings. The molecule has 9 rings (SSSR count). The van der Waals surface area contributed by atoms with Crippen LogP contribution < -0.4 is 9.80 Å². The average molecular weight is 1000 g/mol. The van der Waals surface area contributed by atoms with Gasteiger partial charge in [-0.3, -0.25) is 9.80 Å². The number of rotatable bonds is 14. The Hall–Kier alpha value is -8.52. The van der Waals surface area contributed by atoms with Crippen molar-refractivity contribution in [3.63, 3.8) is 0 Å². The Labute approximate surface area is 416 Å². The summed E-state index contributed by atoms with van der Waals surface area (Å²) in [6.07, 6.45) is -1.80. The van der Waals surface area contributed by atoms with Gasteiger partial charge in [0.15, 0.2) is 11.8 Å². The summed E-state index contributed by atoms with van der Waals surface area (Å²) < 4.78 is 87.1. The molecule has 0 radical (unpaired) electrons. The van der Waals surface area contributed by atoms with E-state index in [2.05, 4.69) is 12.1 Å². The smallest absolute Gasteiger partial charge is 0.416 e. The number of fused-ring (bicyclic) bond motifs is 2. The van der Waals surface area contributed by atoms with Gasteiger partial charge < -0.3 is 38.9 Å². The fourth-order valence-corrected chi connectivity index (χ4v) is 9.91. The van der Waals surface area contributed by atoms with Crippen molar-refractivity contribution < 1.29 is 46.1 Å². The Morgan fingerprint density at radius 2 is 0.959 bits per heavy atom. The van der Waals surface area contributed by atoms with Gasteiger partial charge >= 0.3 is 24.4 Å². The van der Waals surface area contributed by atoms with E-state index in [1.165, 1.54) is 53.0 Å². The van der Waals surface area contributed by atoms with E-state index in [0.29, 0.717) is 79.1 Å². The number of amides is 4. The van der Waals surface area contributed by atoms with Gasteiger partial charge in [0, 0.05) is 64.1 Å². The lowest BCUT2D eigenvalue weighted by Gasteiger charge is -2.42. The lowest BCUT2D eigenvalue weighted by molar-refractivity contribution is -0.138. The highest BCUT2D eigenvalue weighted by atomic mass is 19.4. The van der Waals surface area contributed by atoms with Crippen molar-refractivity contribution in [1.82, 2.24) is 28.7 Å². The van der Waals surface area contributed by atoms with Gasteiger partial charge in [0.25, 0.3) is 0 Å². The molecule has 3 aliphatic heterocycles. The highest BCUT2D eigenvalue weighted by Crippen LogP contribution is 2.51. The van der Waals surface area contributed by atoms with Crippen LogP contribution in [-0.2, 0) is 25.4 Å². The van der Waals surface area contributed by atoms with Gasteiger partial charge in [-0.2, -0.15) is 36.9 Å². The van der Waals surface area contributed by atoms with Crippen LogP contribution in [0.2, 0.25) is 0 Å². The summed E-state index contributed by atoms with van der Waals surface area (Å²) in [6.45, 7) is 5.61. The molecule has 5 heterocycles. The Morgan fingerprint density at radius 3 is 1.30 bits per heavy atom. The number of hydrogen-bond donors (Lipinski definition) is 2. The molecular weight excluding hydrogens is 955 g/mol. The number of nitrogens with zero attached hydrogens (tertiary/aromatic N) is 10. The fourth-order valence-electron chi connectivity index (χ4n) is 9.91. The predicted octanol–water partition coefficient (Wildman–Crippen LogP) is 11.4. The Bertz CT molecular complexity index is 2960.